The van der Waals surface area contributed by atoms with Gasteiger partial charge in [-0.15, -0.1) is 0 Å². The van der Waals surface area contributed by atoms with E-state index in [9.17, 15) is 29.2 Å². The first-order valence-electron chi connectivity index (χ1n) is 10.8. The minimum atomic E-state index is -1.23. The van der Waals surface area contributed by atoms with Crippen LogP contribution in [0, 0.1) is 0 Å². The maximum Gasteiger partial charge on any atom is 0.317 e. The summed E-state index contributed by atoms with van der Waals surface area (Å²) in [5.74, 6) is -5.16. The van der Waals surface area contributed by atoms with Gasteiger partial charge >= 0.3 is 29.8 Å². The van der Waals surface area contributed by atoms with Crippen LogP contribution in [0.2, 0.25) is 0 Å². The third-order valence-corrected chi connectivity index (χ3v) is 5.10. The van der Waals surface area contributed by atoms with Gasteiger partial charge in [0.1, 0.15) is 6.10 Å². The van der Waals surface area contributed by atoms with E-state index in [-0.39, 0.29) is 36.2 Å². The van der Waals surface area contributed by atoms with Crippen molar-refractivity contribution >= 4 is 29.8 Å². The Labute approximate surface area is 203 Å². The number of carboxylic acid groups (broad SMARTS) is 4. The maximum atomic E-state index is 10.9. The molecule has 0 spiro atoms. The normalized spacial score (nSPS) is 17.4. The summed E-state index contributed by atoms with van der Waals surface area (Å²) in [5.41, 5.74) is -0.719. The van der Waals surface area contributed by atoms with Gasteiger partial charge in [0.2, 0.25) is 0 Å². The molecule has 0 radical (unpaired) electrons. The number of carbonyl (C=O) groups is 5. The van der Waals surface area contributed by atoms with E-state index in [4.69, 9.17) is 25.2 Å². The highest BCUT2D eigenvalue weighted by Crippen LogP contribution is 2.37. The largest absolute Gasteiger partial charge is 0.480 e. The van der Waals surface area contributed by atoms with Gasteiger partial charge in [0.05, 0.1) is 26.2 Å². The Morgan fingerprint density at radius 2 is 1.03 bits per heavy atom. The topological polar surface area (TPSA) is 205 Å². The number of hydrogen-bond acceptors (Lipinski definition) is 10. The summed E-state index contributed by atoms with van der Waals surface area (Å²) in [4.78, 5) is 55.3. The average Bonchev–Trinajstić information content (AvgIpc) is 2.61. The van der Waals surface area contributed by atoms with Gasteiger partial charge in [-0.1, -0.05) is 0 Å². The number of esters is 1. The molecule has 0 aromatic rings. The summed E-state index contributed by atoms with van der Waals surface area (Å²) in [7, 11) is 0. The number of ether oxygens (including phenoxy) is 1. The van der Waals surface area contributed by atoms with Crippen molar-refractivity contribution in [2.24, 2.45) is 0 Å². The van der Waals surface area contributed by atoms with E-state index in [1.807, 2.05) is 27.7 Å². The molecule has 0 atom stereocenters. The third kappa shape index (κ3) is 13.6. The first-order chi connectivity index (χ1) is 15.9. The molecule has 1 fully saturated rings. The van der Waals surface area contributed by atoms with Crippen molar-refractivity contribution < 1.29 is 54.3 Å². The van der Waals surface area contributed by atoms with Crippen LogP contribution in [-0.2, 0) is 28.7 Å². The number of aliphatic carboxylic acids is 4. The van der Waals surface area contributed by atoms with Gasteiger partial charge in [-0.3, -0.25) is 33.8 Å². The van der Waals surface area contributed by atoms with Crippen LogP contribution in [0.15, 0.2) is 0 Å². The summed E-state index contributed by atoms with van der Waals surface area (Å²) in [5, 5.41) is 45.9. The van der Waals surface area contributed by atoms with Crippen molar-refractivity contribution in [2.45, 2.75) is 64.6 Å². The van der Waals surface area contributed by atoms with E-state index >= 15 is 0 Å². The fourth-order valence-electron chi connectivity index (χ4n) is 3.97. The van der Waals surface area contributed by atoms with Crippen LogP contribution in [0.3, 0.4) is 0 Å². The predicted octanol–water partition coefficient (Wildman–Crippen LogP) is -0.111. The predicted molar refractivity (Wildman–Crippen MR) is 120 cm³/mol. The van der Waals surface area contributed by atoms with Crippen molar-refractivity contribution in [3.8, 4) is 0 Å². The third-order valence-electron chi connectivity index (χ3n) is 5.10. The molecule has 1 saturated heterocycles. The molecule has 0 saturated carbocycles. The van der Waals surface area contributed by atoms with Crippen molar-refractivity contribution in [1.29, 1.82) is 0 Å². The average molecular weight is 508 g/mol. The molecule has 1 aliphatic heterocycles. The number of carbonyl (C=O) groups excluding carboxylic acids is 1. The van der Waals surface area contributed by atoms with E-state index in [1.54, 1.807) is 0 Å². The minimum Gasteiger partial charge on any atom is -0.480 e. The van der Waals surface area contributed by atoms with Gasteiger partial charge in [0.25, 0.3) is 0 Å². The second kappa shape index (κ2) is 13.9. The van der Waals surface area contributed by atoms with E-state index in [1.165, 1.54) is 12.0 Å². The molecular formula is C21H37N3O11. The Bertz CT molecular complexity index is 684. The van der Waals surface area contributed by atoms with Gasteiger partial charge in [-0.2, -0.15) is 5.06 Å². The lowest BCUT2D eigenvalue weighted by Gasteiger charge is -2.50. The summed E-state index contributed by atoms with van der Waals surface area (Å²) < 4.78 is 5.23. The quantitative estimate of drug-likeness (QED) is 0.219. The smallest absolute Gasteiger partial charge is 0.317 e. The van der Waals surface area contributed by atoms with Crippen molar-refractivity contribution in [3.63, 3.8) is 0 Å². The second-order valence-corrected chi connectivity index (χ2v) is 9.57. The number of carboxylic acids is 4. The zero-order valence-electron chi connectivity index (χ0n) is 20.8. The maximum absolute atomic E-state index is 10.9. The molecule has 0 bridgehead atoms. The van der Waals surface area contributed by atoms with Crippen LogP contribution >= 0.6 is 0 Å². The molecule has 202 valence electrons. The monoisotopic (exact) mass is 507 g/mol. The van der Waals surface area contributed by atoms with E-state index in [0.717, 1.165) is 9.80 Å². The number of rotatable bonds is 12. The SMILES string of the molecule is CC(=O)OC1CC(C)(C)N(O)C(C)(C)C1.O=C(O)CN(CCN(CC(=O)O)CC(=O)O)CC(=O)O. The lowest BCUT2D eigenvalue weighted by atomic mass is 9.80. The first kappa shape index (κ1) is 32.2. The second-order valence-electron chi connectivity index (χ2n) is 9.57. The standard InChI is InChI=1S/C11H21NO3.C10H16N2O8/c1-8(13)15-9-6-10(2,3)12(14)11(4,5)7-9;13-7(14)3-11(4-8(15)16)1-2-12(5-9(17)18)6-10(19)20/h9,14H,6-7H2,1-5H3;1-6H2,(H,13,14)(H,15,16)(H,17,18)(H,19,20). The Morgan fingerprint density at radius 3 is 1.26 bits per heavy atom. The minimum absolute atomic E-state index is 0.0703. The Kier molecular flexibility index (Phi) is 12.8. The molecule has 0 aromatic heterocycles. The van der Waals surface area contributed by atoms with Crippen molar-refractivity contribution in [3.05, 3.63) is 0 Å². The number of nitrogens with zero attached hydrogens (tertiary/aromatic N) is 3. The number of hydroxylamine groups is 2. The van der Waals surface area contributed by atoms with Crippen LogP contribution < -0.4 is 0 Å². The van der Waals surface area contributed by atoms with Crippen LogP contribution in [0.5, 0.6) is 0 Å². The first-order valence-corrected chi connectivity index (χ1v) is 10.8. The van der Waals surface area contributed by atoms with Crippen LogP contribution in [0.1, 0.15) is 47.5 Å². The number of piperidine rings is 1. The Balaban J connectivity index is 0.000000686. The molecule has 1 rings (SSSR count). The highest BCUT2D eigenvalue weighted by Gasteiger charge is 2.46. The summed E-state index contributed by atoms with van der Waals surface area (Å²) in [6.45, 7) is 6.97. The molecule has 14 heteroatoms. The zero-order chi connectivity index (χ0) is 27.6. The highest BCUT2D eigenvalue weighted by molar-refractivity contribution is 5.73. The van der Waals surface area contributed by atoms with Gasteiger partial charge in [-0.25, -0.2) is 0 Å². The van der Waals surface area contributed by atoms with Crippen LogP contribution in [-0.4, -0.2) is 127 Å². The summed E-state index contributed by atoms with van der Waals surface area (Å²) in [6.07, 6.45) is 1.22. The van der Waals surface area contributed by atoms with Crippen molar-refractivity contribution in [1.82, 2.24) is 14.9 Å². The van der Waals surface area contributed by atoms with Gasteiger partial charge in [-0.05, 0) is 27.7 Å². The molecule has 0 aromatic carbocycles. The lowest BCUT2D eigenvalue weighted by molar-refractivity contribution is -0.259. The molecule has 0 aliphatic carbocycles. The molecule has 14 nitrogen and oxygen atoms in total. The number of hydrogen-bond donors (Lipinski definition) is 5. The van der Waals surface area contributed by atoms with Gasteiger partial charge in [0, 0.05) is 43.9 Å². The molecular weight excluding hydrogens is 470 g/mol. The molecule has 0 amide bonds. The fourth-order valence-corrected chi connectivity index (χ4v) is 3.97. The van der Waals surface area contributed by atoms with Gasteiger partial charge < -0.3 is 30.4 Å². The van der Waals surface area contributed by atoms with Crippen LogP contribution in [0.25, 0.3) is 0 Å². The molecule has 5 N–H and O–H groups in total. The lowest BCUT2D eigenvalue weighted by Crippen LogP contribution is -2.60. The summed E-state index contributed by atoms with van der Waals surface area (Å²) in [6, 6.07) is 0. The Hall–Kier alpha value is -2.81. The molecule has 1 aliphatic rings. The fraction of sp³-hybridized carbons (Fsp3) is 0.762. The highest BCUT2D eigenvalue weighted by atomic mass is 16.5. The van der Waals surface area contributed by atoms with Crippen molar-refractivity contribution in [2.75, 3.05) is 39.3 Å². The van der Waals surface area contributed by atoms with E-state index in [0.29, 0.717) is 12.8 Å². The molecule has 35 heavy (non-hydrogen) atoms. The van der Waals surface area contributed by atoms with E-state index < -0.39 is 50.1 Å². The Morgan fingerprint density at radius 1 is 0.743 bits per heavy atom. The van der Waals surface area contributed by atoms with Crippen LogP contribution in [0.4, 0.5) is 0 Å². The zero-order valence-corrected chi connectivity index (χ0v) is 20.8. The van der Waals surface area contributed by atoms with Gasteiger partial charge in [0.15, 0.2) is 0 Å². The van der Waals surface area contributed by atoms with E-state index in [2.05, 4.69) is 0 Å². The summed E-state index contributed by atoms with van der Waals surface area (Å²) >= 11 is 0. The molecule has 0 unspecified atom stereocenters. The molecule has 1 heterocycles.